The first-order valence-electron chi connectivity index (χ1n) is 7.73. The van der Waals surface area contributed by atoms with Crippen molar-refractivity contribution in [2.75, 3.05) is 5.32 Å². The van der Waals surface area contributed by atoms with Crippen molar-refractivity contribution in [3.63, 3.8) is 0 Å². The third-order valence-electron chi connectivity index (χ3n) is 3.82. The first kappa shape index (κ1) is 15.9. The molecule has 1 heterocycles. The van der Waals surface area contributed by atoms with Crippen molar-refractivity contribution >= 4 is 11.6 Å². The fraction of sp³-hybridized carbons (Fsp3) is 0.100. The van der Waals surface area contributed by atoms with Crippen LogP contribution in [-0.4, -0.2) is 16.0 Å². The molecule has 1 atom stereocenters. The molecule has 3 rings (SSSR count). The molecule has 2 aromatic carbocycles. The van der Waals surface area contributed by atoms with Crippen molar-refractivity contribution < 1.29 is 9.90 Å². The number of benzene rings is 2. The van der Waals surface area contributed by atoms with Gasteiger partial charge in [0.2, 0.25) is 0 Å². The highest BCUT2D eigenvalue weighted by Crippen LogP contribution is 2.27. The highest BCUT2D eigenvalue weighted by Gasteiger charge is 2.38. The van der Waals surface area contributed by atoms with Crippen molar-refractivity contribution in [2.24, 2.45) is 0 Å². The average molecular weight is 318 g/mol. The predicted molar refractivity (Wildman–Crippen MR) is 93.4 cm³/mol. The SMILES string of the molecule is O=C(Nc1ccccc1)C(O)(Cc1ccccn1)c1ccccc1. The Kier molecular flexibility index (Phi) is 4.68. The summed E-state index contributed by atoms with van der Waals surface area (Å²) in [4.78, 5) is 17.1. The van der Waals surface area contributed by atoms with Gasteiger partial charge in [-0.25, -0.2) is 0 Å². The molecule has 0 saturated heterocycles. The standard InChI is InChI=1S/C20H18N2O2/c23-19(22-17-11-5-2-6-12-17)20(24,16-9-3-1-4-10-16)15-18-13-7-8-14-21-18/h1-14,24H,15H2,(H,22,23). The molecule has 0 aliphatic carbocycles. The number of carbonyl (C=O) groups excluding carboxylic acids is 1. The lowest BCUT2D eigenvalue weighted by Crippen LogP contribution is -2.42. The maximum atomic E-state index is 12.9. The molecule has 0 bridgehead atoms. The van der Waals surface area contributed by atoms with E-state index in [1.165, 1.54) is 0 Å². The summed E-state index contributed by atoms with van der Waals surface area (Å²) >= 11 is 0. The molecular weight excluding hydrogens is 300 g/mol. The van der Waals surface area contributed by atoms with Crippen LogP contribution in [-0.2, 0) is 16.8 Å². The van der Waals surface area contributed by atoms with Gasteiger partial charge in [-0.3, -0.25) is 9.78 Å². The number of aliphatic hydroxyl groups is 1. The molecule has 3 aromatic rings. The van der Waals surface area contributed by atoms with Gasteiger partial charge in [-0.1, -0.05) is 54.6 Å². The van der Waals surface area contributed by atoms with Gasteiger partial charge in [-0.15, -0.1) is 0 Å². The van der Waals surface area contributed by atoms with Crippen LogP contribution in [0.2, 0.25) is 0 Å². The predicted octanol–water partition coefficient (Wildman–Crippen LogP) is 3.15. The number of hydrogen-bond acceptors (Lipinski definition) is 3. The molecule has 0 saturated carbocycles. The first-order valence-corrected chi connectivity index (χ1v) is 7.73. The van der Waals surface area contributed by atoms with E-state index >= 15 is 0 Å². The largest absolute Gasteiger partial charge is 0.375 e. The molecule has 24 heavy (non-hydrogen) atoms. The number of nitrogens with zero attached hydrogens (tertiary/aromatic N) is 1. The van der Waals surface area contributed by atoms with Gasteiger partial charge in [0, 0.05) is 24.0 Å². The van der Waals surface area contributed by atoms with E-state index in [1.54, 1.807) is 54.7 Å². The van der Waals surface area contributed by atoms with Crippen LogP contribution >= 0.6 is 0 Å². The first-order chi connectivity index (χ1) is 11.7. The second-order valence-electron chi connectivity index (χ2n) is 5.54. The molecule has 4 nitrogen and oxygen atoms in total. The van der Waals surface area contributed by atoms with E-state index < -0.39 is 11.5 Å². The molecule has 0 spiro atoms. The Labute approximate surface area is 140 Å². The van der Waals surface area contributed by atoms with Crippen LogP contribution in [0.25, 0.3) is 0 Å². The molecular formula is C20H18N2O2. The zero-order valence-corrected chi connectivity index (χ0v) is 13.1. The lowest BCUT2D eigenvalue weighted by molar-refractivity contribution is -0.135. The lowest BCUT2D eigenvalue weighted by atomic mass is 9.87. The number of anilines is 1. The van der Waals surface area contributed by atoms with Gasteiger partial charge in [0.05, 0.1) is 0 Å². The van der Waals surface area contributed by atoms with Crippen molar-refractivity contribution in [1.29, 1.82) is 0 Å². The number of hydrogen-bond donors (Lipinski definition) is 2. The summed E-state index contributed by atoms with van der Waals surface area (Å²) in [6, 6.07) is 23.5. The monoisotopic (exact) mass is 318 g/mol. The third-order valence-corrected chi connectivity index (χ3v) is 3.82. The molecule has 0 aliphatic heterocycles. The van der Waals surface area contributed by atoms with Crippen molar-refractivity contribution in [2.45, 2.75) is 12.0 Å². The summed E-state index contributed by atoms with van der Waals surface area (Å²) in [6.07, 6.45) is 1.74. The summed E-state index contributed by atoms with van der Waals surface area (Å²) in [5, 5.41) is 14.0. The van der Waals surface area contributed by atoms with Crippen LogP contribution in [0.1, 0.15) is 11.3 Å². The Morgan fingerprint density at radius 2 is 1.54 bits per heavy atom. The highest BCUT2D eigenvalue weighted by molar-refractivity contribution is 5.98. The number of nitrogens with one attached hydrogen (secondary N) is 1. The van der Waals surface area contributed by atoms with E-state index in [9.17, 15) is 9.90 Å². The van der Waals surface area contributed by atoms with Gasteiger partial charge >= 0.3 is 0 Å². The summed E-state index contributed by atoms with van der Waals surface area (Å²) < 4.78 is 0. The molecule has 1 unspecified atom stereocenters. The molecule has 0 fully saturated rings. The van der Waals surface area contributed by atoms with Crippen LogP contribution in [0.5, 0.6) is 0 Å². The minimum Gasteiger partial charge on any atom is -0.375 e. The van der Waals surface area contributed by atoms with Gasteiger partial charge < -0.3 is 10.4 Å². The number of amides is 1. The number of aromatic nitrogens is 1. The van der Waals surface area contributed by atoms with Gasteiger partial charge in [0.1, 0.15) is 0 Å². The Morgan fingerprint density at radius 3 is 2.17 bits per heavy atom. The Hall–Kier alpha value is -2.98. The van der Waals surface area contributed by atoms with Crippen LogP contribution in [0.4, 0.5) is 5.69 Å². The quantitative estimate of drug-likeness (QED) is 0.759. The van der Waals surface area contributed by atoms with Gasteiger partial charge in [-0.2, -0.15) is 0 Å². The number of carbonyl (C=O) groups is 1. The minimum absolute atomic E-state index is 0.0938. The molecule has 0 aliphatic rings. The minimum atomic E-state index is -1.70. The molecule has 1 aromatic heterocycles. The third kappa shape index (κ3) is 3.50. The van der Waals surface area contributed by atoms with E-state index in [0.29, 0.717) is 16.9 Å². The summed E-state index contributed by atoms with van der Waals surface area (Å²) in [6.45, 7) is 0. The van der Waals surface area contributed by atoms with Gasteiger partial charge in [0.25, 0.3) is 5.91 Å². The number of pyridine rings is 1. The number of rotatable bonds is 5. The van der Waals surface area contributed by atoms with Crippen LogP contribution < -0.4 is 5.32 Å². The van der Waals surface area contributed by atoms with E-state index in [-0.39, 0.29) is 6.42 Å². The fourth-order valence-electron chi connectivity index (χ4n) is 2.55. The summed E-state index contributed by atoms with van der Waals surface area (Å²) in [5.74, 6) is -0.481. The second kappa shape index (κ2) is 7.06. The lowest BCUT2D eigenvalue weighted by Gasteiger charge is -2.27. The topological polar surface area (TPSA) is 62.2 Å². The van der Waals surface area contributed by atoms with Crippen LogP contribution in [0, 0.1) is 0 Å². The zero-order valence-electron chi connectivity index (χ0n) is 13.1. The fourth-order valence-corrected chi connectivity index (χ4v) is 2.55. The Balaban J connectivity index is 1.94. The normalized spacial score (nSPS) is 13.0. The highest BCUT2D eigenvalue weighted by atomic mass is 16.3. The summed E-state index contributed by atoms with van der Waals surface area (Å²) in [7, 11) is 0. The van der Waals surface area contributed by atoms with Gasteiger partial charge in [-0.05, 0) is 29.8 Å². The van der Waals surface area contributed by atoms with Crippen molar-refractivity contribution in [1.82, 2.24) is 4.98 Å². The smallest absolute Gasteiger partial charge is 0.261 e. The molecule has 120 valence electrons. The zero-order chi connectivity index (χ0) is 16.8. The maximum Gasteiger partial charge on any atom is 0.261 e. The van der Waals surface area contributed by atoms with E-state index in [0.717, 1.165) is 0 Å². The van der Waals surface area contributed by atoms with Crippen molar-refractivity contribution in [3.05, 3.63) is 96.3 Å². The van der Waals surface area contributed by atoms with E-state index in [2.05, 4.69) is 10.3 Å². The molecule has 0 radical (unpaired) electrons. The Bertz CT molecular complexity index is 792. The van der Waals surface area contributed by atoms with Crippen LogP contribution in [0.3, 0.4) is 0 Å². The van der Waals surface area contributed by atoms with Gasteiger partial charge in [0.15, 0.2) is 5.60 Å². The van der Waals surface area contributed by atoms with Crippen LogP contribution in [0.15, 0.2) is 85.1 Å². The van der Waals surface area contributed by atoms with Crippen molar-refractivity contribution in [3.8, 4) is 0 Å². The molecule has 2 N–H and O–H groups in total. The molecule has 4 heteroatoms. The number of para-hydroxylation sites is 1. The van der Waals surface area contributed by atoms with E-state index in [1.807, 2.05) is 30.3 Å². The second-order valence-corrected chi connectivity index (χ2v) is 5.54. The Morgan fingerprint density at radius 1 is 0.917 bits per heavy atom. The van der Waals surface area contributed by atoms with E-state index in [4.69, 9.17) is 0 Å². The average Bonchev–Trinajstić information content (AvgIpc) is 2.64. The summed E-state index contributed by atoms with van der Waals surface area (Å²) in [5.41, 5.74) is 0.111. The maximum absolute atomic E-state index is 12.9. The molecule has 1 amide bonds.